The van der Waals surface area contributed by atoms with Crippen LogP contribution in [0.4, 0.5) is 10.3 Å². The van der Waals surface area contributed by atoms with Crippen molar-refractivity contribution >= 4 is 17.1 Å². The first kappa shape index (κ1) is 20.4. The van der Waals surface area contributed by atoms with E-state index < -0.39 is 0 Å². The molecule has 1 aliphatic heterocycles. The van der Waals surface area contributed by atoms with Crippen LogP contribution in [0.2, 0.25) is 0 Å². The van der Waals surface area contributed by atoms with Crippen LogP contribution in [-0.2, 0) is 6.54 Å². The molecule has 0 amide bonds. The number of hydrogen-bond donors (Lipinski definition) is 3. The van der Waals surface area contributed by atoms with Crippen molar-refractivity contribution in [2.24, 2.45) is 5.92 Å². The molecule has 0 spiro atoms. The Morgan fingerprint density at radius 1 is 1.22 bits per heavy atom. The number of fused-ring (bicyclic) bond motifs is 1. The molecular weight excluding hydrogens is 407 g/mol. The lowest BCUT2D eigenvalue weighted by molar-refractivity contribution is 0.613. The molecule has 3 N–H and O–H groups in total. The summed E-state index contributed by atoms with van der Waals surface area (Å²) in [5, 5.41) is 6.66. The Balaban J connectivity index is 1.45. The quantitative estimate of drug-likeness (QED) is 0.435. The van der Waals surface area contributed by atoms with Crippen LogP contribution in [0, 0.1) is 18.7 Å². The molecule has 164 valence electrons. The highest BCUT2D eigenvalue weighted by Crippen LogP contribution is 2.26. The number of hydrogen-bond acceptors (Lipinski definition) is 5. The lowest BCUT2D eigenvalue weighted by atomic mass is 9.96. The summed E-state index contributed by atoms with van der Waals surface area (Å²) in [4.78, 5) is 24.5. The third-order valence-corrected chi connectivity index (χ3v) is 6.15. The topological polar surface area (TPSA) is 87.6 Å². The van der Waals surface area contributed by atoms with Gasteiger partial charge in [-0.15, -0.1) is 0 Å². The van der Waals surface area contributed by atoms with Crippen LogP contribution < -0.4 is 16.3 Å². The number of H-pyrrole nitrogens is 1. The zero-order valence-electron chi connectivity index (χ0n) is 17.9. The molecule has 32 heavy (non-hydrogen) atoms. The molecule has 0 aliphatic carbocycles. The highest BCUT2D eigenvalue weighted by atomic mass is 19.1. The van der Waals surface area contributed by atoms with Gasteiger partial charge in [-0.1, -0.05) is 30.3 Å². The normalized spacial score (nSPS) is 16.0. The van der Waals surface area contributed by atoms with Gasteiger partial charge in [-0.05, 0) is 66.7 Å². The highest BCUT2D eigenvalue weighted by Gasteiger charge is 2.16. The Morgan fingerprint density at radius 2 is 2.06 bits per heavy atom. The van der Waals surface area contributed by atoms with E-state index in [1.807, 2.05) is 25.1 Å². The molecule has 5 rings (SSSR count). The summed E-state index contributed by atoms with van der Waals surface area (Å²) in [6.45, 7) is 5.23. The Kier molecular flexibility index (Phi) is 5.45. The van der Waals surface area contributed by atoms with Gasteiger partial charge in [0.05, 0.1) is 12.7 Å². The van der Waals surface area contributed by atoms with Gasteiger partial charge in [0.1, 0.15) is 11.3 Å². The Labute approximate surface area is 184 Å². The van der Waals surface area contributed by atoms with Crippen molar-refractivity contribution in [2.75, 3.05) is 25.0 Å². The molecule has 4 aromatic rings. The summed E-state index contributed by atoms with van der Waals surface area (Å²) >= 11 is 0. The molecule has 3 heterocycles. The number of anilines is 1. The smallest absolute Gasteiger partial charge is 0.328 e. The van der Waals surface area contributed by atoms with Crippen LogP contribution in [0.5, 0.6) is 0 Å². The van der Waals surface area contributed by atoms with E-state index in [2.05, 4.69) is 25.6 Å². The van der Waals surface area contributed by atoms with E-state index in [4.69, 9.17) is 0 Å². The lowest BCUT2D eigenvalue weighted by Crippen LogP contribution is -2.19. The maximum atomic E-state index is 13.3. The molecule has 0 bridgehead atoms. The molecule has 2 aromatic heterocycles. The fraction of sp³-hybridized carbons (Fsp3) is 0.292. The Morgan fingerprint density at radius 3 is 2.84 bits per heavy atom. The largest absolute Gasteiger partial charge is 0.354 e. The van der Waals surface area contributed by atoms with Gasteiger partial charge in [-0.25, -0.2) is 14.2 Å². The third-order valence-electron chi connectivity index (χ3n) is 6.15. The molecular formula is C24H25FN6O. The van der Waals surface area contributed by atoms with Crippen LogP contribution in [0.3, 0.4) is 0 Å². The molecule has 1 saturated heterocycles. The van der Waals surface area contributed by atoms with Gasteiger partial charge in [-0.3, -0.25) is 4.57 Å². The SMILES string of the molecule is Cc1c(Cn2c(=O)[nH]c3cnc(NC[C@@H]4CCNC4)nc32)cccc1-c1ccc(F)cc1. The van der Waals surface area contributed by atoms with Crippen LogP contribution >= 0.6 is 0 Å². The second-order valence-electron chi connectivity index (χ2n) is 8.28. The molecule has 7 nitrogen and oxygen atoms in total. The predicted molar refractivity (Wildman–Crippen MR) is 123 cm³/mol. The van der Waals surface area contributed by atoms with Gasteiger partial charge in [0.2, 0.25) is 5.95 Å². The predicted octanol–water partition coefficient (Wildman–Crippen LogP) is 3.30. The molecule has 8 heteroatoms. The van der Waals surface area contributed by atoms with Crippen molar-refractivity contribution in [1.29, 1.82) is 0 Å². The number of rotatable bonds is 6. The van der Waals surface area contributed by atoms with E-state index in [0.717, 1.165) is 48.3 Å². The van der Waals surface area contributed by atoms with E-state index >= 15 is 0 Å². The molecule has 1 atom stereocenters. The molecule has 1 fully saturated rings. The molecule has 0 radical (unpaired) electrons. The molecule has 0 saturated carbocycles. The monoisotopic (exact) mass is 432 g/mol. The van der Waals surface area contributed by atoms with Crippen molar-refractivity contribution in [1.82, 2.24) is 24.8 Å². The van der Waals surface area contributed by atoms with E-state index in [0.29, 0.717) is 29.6 Å². The number of aromatic nitrogens is 4. The summed E-state index contributed by atoms with van der Waals surface area (Å²) in [5.74, 6) is 0.815. The second-order valence-corrected chi connectivity index (χ2v) is 8.28. The molecule has 1 aliphatic rings. The number of benzene rings is 2. The van der Waals surface area contributed by atoms with Crippen LogP contribution in [0.15, 0.2) is 53.5 Å². The van der Waals surface area contributed by atoms with E-state index in [1.54, 1.807) is 22.9 Å². The molecule has 0 unspecified atom stereocenters. The van der Waals surface area contributed by atoms with Crippen molar-refractivity contribution in [2.45, 2.75) is 19.9 Å². The number of nitrogens with zero attached hydrogens (tertiary/aromatic N) is 3. The minimum atomic E-state index is -0.263. The highest BCUT2D eigenvalue weighted by molar-refractivity contribution is 5.72. The average Bonchev–Trinajstić information content (AvgIpc) is 3.42. The maximum absolute atomic E-state index is 13.3. The fourth-order valence-corrected chi connectivity index (χ4v) is 4.27. The van der Waals surface area contributed by atoms with Gasteiger partial charge < -0.3 is 15.6 Å². The van der Waals surface area contributed by atoms with Gasteiger partial charge >= 0.3 is 5.69 Å². The number of halogens is 1. The van der Waals surface area contributed by atoms with Crippen LogP contribution in [0.25, 0.3) is 22.3 Å². The van der Waals surface area contributed by atoms with Crippen LogP contribution in [0.1, 0.15) is 17.5 Å². The van der Waals surface area contributed by atoms with Gasteiger partial charge in [0.25, 0.3) is 0 Å². The first-order valence-electron chi connectivity index (χ1n) is 10.8. The Hall–Kier alpha value is -3.52. The minimum absolute atomic E-state index is 0.224. The van der Waals surface area contributed by atoms with E-state index in [-0.39, 0.29) is 11.5 Å². The first-order chi connectivity index (χ1) is 15.6. The van der Waals surface area contributed by atoms with E-state index in [1.165, 1.54) is 12.1 Å². The van der Waals surface area contributed by atoms with E-state index in [9.17, 15) is 9.18 Å². The van der Waals surface area contributed by atoms with Crippen molar-refractivity contribution < 1.29 is 4.39 Å². The Bertz CT molecular complexity index is 1300. The summed E-state index contributed by atoms with van der Waals surface area (Å²) in [6.07, 6.45) is 2.78. The summed E-state index contributed by atoms with van der Waals surface area (Å²) in [5.41, 5.74) is 4.95. The lowest BCUT2D eigenvalue weighted by Gasteiger charge is -2.13. The zero-order chi connectivity index (χ0) is 22.1. The maximum Gasteiger partial charge on any atom is 0.328 e. The van der Waals surface area contributed by atoms with Crippen molar-refractivity contribution in [3.05, 3.63) is 76.1 Å². The third kappa shape index (κ3) is 4.01. The number of aromatic amines is 1. The van der Waals surface area contributed by atoms with Crippen molar-refractivity contribution in [3.63, 3.8) is 0 Å². The summed E-state index contributed by atoms with van der Waals surface area (Å²) in [6, 6.07) is 12.4. The van der Waals surface area contributed by atoms with Gasteiger partial charge in [0, 0.05) is 6.54 Å². The fourth-order valence-electron chi connectivity index (χ4n) is 4.27. The van der Waals surface area contributed by atoms with Crippen molar-refractivity contribution in [3.8, 4) is 11.1 Å². The second kappa shape index (κ2) is 8.55. The summed E-state index contributed by atoms with van der Waals surface area (Å²) in [7, 11) is 0. The minimum Gasteiger partial charge on any atom is -0.354 e. The van der Waals surface area contributed by atoms with Gasteiger partial charge in [0.15, 0.2) is 5.65 Å². The molecule has 2 aromatic carbocycles. The van der Waals surface area contributed by atoms with Crippen LogP contribution in [-0.4, -0.2) is 39.2 Å². The number of imidazole rings is 1. The first-order valence-corrected chi connectivity index (χ1v) is 10.8. The standard InChI is InChI=1S/C24H25FN6O/c1-15-18(3-2-4-20(15)17-5-7-19(25)8-6-17)14-31-22-21(29-24(31)32)13-28-23(30-22)27-12-16-9-10-26-11-16/h2-8,13,16,26H,9-12,14H2,1H3,(H,29,32)(H,27,28,30)/t16-/m1/s1. The average molecular weight is 433 g/mol. The van der Waals surface area contributed by atoms with Gasteiger partial charge in [-0.2, -0.15) is 4.98 Å². The zero-order valence-corrected chi connectivity index (χ0v) is 17.9. The number of nitrogens with one attached hydrogen (secondary N) is 3. The summed E-state index contributed by atoms with van der Waals surface area (Å²) < 4.78 is 15.0.